The van der Waals surface area contributed by atoms with Crippen molar-refractivity contribution in [3.05, 3.63) is 105 Å². The predicted molar refractivity (Wildman–Crippen MR) is 135 cm³/mol. The monoisotopic (exact) mass is 473 g/mol. The fraction of sp³-hybridized carbons (Fsp3) is 0.222. The van der Waals surface area contributed by atoms with Crippen LogP contribution in [0.3, 0.4) is 0 Å². The zero-order valence-corrected chi connectivity index (χ0v) is 19.7. The Morgan fingerprint density at radius 3 is 2.58 bits per heavy atom. The van der Waals surface area contributed by atoms with E-state index >= 15 is 0 Å². The number of hydrogen-bond donors (Lipinski definition) is 1. The summed E-state index contributed by atoms with van der Waals surface area (Å²) in [6, 6.07) is 21.6. The maximum Gasteiger partial charge on any atom is 0.323 e. The van der Waals surface area contributed by atoms with Crippen LogP contribution in [0.2, 0.25) is 5.02 Å². The molecule has 0 spiro atoms. The minimum Gasteiger partial charge on any atom is -0.310 e. The Hall–Kier alpha value is -3.02. The van der Waals surface area contributed by atoms with Crippen molar-refractivity contribution < 1.29 is 4.79 Å². The number of urea groups is 1. The number of halogens is 1. The predicted octanol–water partition coefficient (Wildman–Crippen LogP) is 7.21. The molecule has 0 fully saturated rings. The van der Waals surface area contributed by atoms with Gasteiger partial charge < -0.3 is 14.8 Å². The highest BCUT2D eigenvalue weighted by molar-refractivity contribution is 7.15. The first-order chi connectivity index (χ1) is 16.2. The third kappa shape index (κ3) is 3.56. The third-order valence-electron chi connectivity index (χ3n) is 6.67. The molecule has 1 aliphatic heterocycles. The summed E-state index contributed by atoms with van der Waals surface area (Å²) in [5.41, 5.74) is 5.57. The molecule has 166 valence electrons. The van der Waals surface area contributed by atoms with Crippen LogP contribution in [0.4, 0.5) is 10.5 Å². The smallest absolute Gasteiger partial charge is 0.310 e. The number of benzene rings is 2. The molecule has 4 nitrogen and oxygen atoms in total. The Balaban J connectivity index is 1.50. The van der Waals surface area contributed by atoms with Gasteiger partial charge in [0.2, 0.25) is 0 Å². The highest BCUT2D eigenvalue weighted by Gasteiger charge is 2.36. The number of fused-ring (bicyclic) bond motifs is 5. The second-order valence-electron chi connectivity index (χ2n) is 8.65. The van der Waals surface area contributed by atoms with Gasteiger partial charge in [-0.15, -0.1) is 11.3 Å². The molecule has 33 heavy (non-hydrogen) atoms. The van der Waals surface area contributed by atoms with Crippen LogP contribution < -0.4 is 5.32 Å². The number of aromatic nitrogens is 1. The fourth-order valence-corrected chi connectivity index (χ4v) is 6.71. The average Bonchev–Trinajstić information content (AvgIpc) is 3.43. The maximum absolute atomic E-state index is 13.8. The minimum absolute atomic E-state index is 0.145. The third-order valence-corrected chi connectivity index (χ3v) is 8.33. The number of hydrogen-bond acceptors (Lipinski definition) is 2. The molecule has 2 aromatic carbocycles. The van der Waals surface area contributed by atoms with Crippen LogP contribution in [0.5, 0.6) is 0 Å². The van der Waals surface area contributed by atoms with Crippen LogP contribution in [0.25, 0.3) is 5.00 Å². The molecule has 1 atom stereocenters. The lowest BCUT2D eigenvalue weighted by Crippen LogP contribution is -2.38. The van der Waals surface area contributed by atoms with Gasteiger partial charge in [-0.2, -0.15) is 0 Å². The topological polar surface area (TPSA) is 37.3 Å². The van der Waals surface area contributed by atoms with Gasteiger partial charge in [-0.1, -0.05) is 54.1 Å². The zero-order chi connectivity index (χ0) is 22.4. The molecule has 2 aromatic heterocycles. The first-order valence-electron chi connectivity index (χ1n) is 11.4. The minimum atomic E-state index is -0.206. The second-order valence-corrected chi connectivity index (χ2v) is 10.1. The Morgan fingerprint density at radius 2 is 1.73 bits per heavy atom. The molecule has 0 saturated heterocycles. The van der Waals surface area contributed by atoms with Crippen molar-refractivity contribution in [2.75, 3.05) is 5.32 Å². The molecule has 0 saturated carbocycles. The van der Waals surface area contributed by atoms with Gasteiger partial charge >= 0.3 is 6.03 Å². The van der Waals surface area contributed by atoms with E-state index < -0.39 is 0 Å². The van der Waals surface area contributed by atoms with E-state index in [1.54, 1.807) is 6.07 Å². The van der Waals surface area contributed by atoms with E-state index in [1.165, 1.54) is 33.8 Å². The maximum atomic E-state index is 13.8. The molecule has 6 heteroatoms. The Bertz CT molecular complexity index is 1330. The number of carbonyl (C=O) groups excluding carboxylic acids is 1. The highest BCUT2D eigenvalue weighted by atomic mass is 35.5. The lowest BCUT2D eigenvalue weighted by atomic mass is 9.95. The number of nitrogens with zero attached hydrogens (tertiary/aromatic N) is 2. The van der Waals surface area contributed by atoms with Crippen molar-refractivity contribution in [3.8, 4) is 5.00 Å². The number of carbonyl (C=O) groups is 1. The van der Waals surface area contributed by atoms with Crippen molar-refractivity contribution in [2.24, 2.45) is 0 Å². The summed E-state index contributed by atoms with van der Waals surface area (Å²) in [5, 5.41) is 4.88. The molecule has 0 radical (unpaired) electrons. The van der Waals surface area contributed by atoms with E-state index in [1.807, 2.05) is 52.6 Å². The molecule has 1 aliphatic carbocycles. The van der Waals surface area contributed by atoms with Gasteiger partial charge in [0, 0.05) is 16.6 Å². The first-order valence-corrected chi connectivity index (χ1v) is 12.6. The summed E-state index contributed by atoms with van der Waals surface area (Å²) in [6.07, 6.45) is 6.82. The summed E-state index contributed by atoms with van der Waals surface area (Å²) in [7, 11) is 0. The Morgan fingerprint density at radius 1 is 0.939 bits per heavy atom. The molecular weight excluding hydrogens is 450 g/mol. The number of thiophene rings is 1. The summed E-state index contributed by atoms with van der Waals surface area (Å²) < 4.78 is 2.30. The van der Waals surface area contributed by atoms with E-state index in [9.17, 15) is 4.79 Å². The number of para-hydroxylation sites is 1. The van der Waals surface area contributed by atoms with Crippen LogP contribution in [-0.2, 0) is 19.4 Å². The second kappa shape index (κ2) is 8.40. The van der Waals surface area contributed by atoms with Crippen LogP contribution in [0, 0.1) is 0 Å². The average molecular weight is 474 g/mol. The van der Waals surface area contributed by atoms with Crippen LogP contribution in [0.15, 0.2) is 72.9 Å². The van der Waals surface area contributed by atoms with Gasteiger partial charge in [0.15, 0.2) is 0 Å². The zero-order valence-electron chi connectivity index (χ0n) is 18.1. The SMILES string of the molecule is O=C(Nc1ccccc1Cl)N1Cc2c(sc3c2CCCC3)-n2cccc2[C@@H]1c1ccccc1. The van der Waals surface area contributed by atoms with E-state index in [2.05, 4.69) is 40.3 Å². The van der Waals surface area contributed by atoms with Crippen molar-refractivity contribution in [2.45, 2.75) is 38.3 Å². The Labute approximate surface area is 202 Å². The number of rotatable bonds is 2. The first kappa shape index (κ1) is 20.6. The summed E-state index contributed by atoms with van der Waals surface area (Å²) in [6.45, 7) is 0.568. The van der Waals surface area contributed by atoms with Crippen molar-refractivity contribution in [1.82, 2.24) is 9.47 Å². The van der Waals surface area contributed by atoms with E-state index in [0.717, 1.165) is 24.1 Å². The van der Waals surface area contributed by atoms with Gasteiger partial charge in [-0.3, -0.25) is 0 Å². The lowest BCUT2D eigenvalue weighted by Gasteiger charge is -2.31. The van der Waals surface area contributed by atoms with E-state index in [0.29, 0.717) is 17.3 Å². The van der Waals surface area contributed by atoms with Crippen LogP contribution in [0.1, 0.15) is 46.1 Å². The standard InChI is InChI=1S/C27H24ClN3OS/c28-21-12-5-6-13-22(21)29-27(32)31-17-20-19-11-4-7-15-24(19)33-26(20)30-16-8-14-23(30)25(31)18-9-2-1-3-10-18/h1-3,5-6,8-10,12-14,16,25H,4,7,11,15,17H2,(H,29,32)/t25-/m0/s1. The highest BCUT2D eigenvalue weighted by Crippen LogP contribution is 2.44. The van der Waals surface area contributed by atoms with Gasteiger partial charge in [-0.25, -0.2) is 4.79 Å². The number of anilines is 1. The van der Waals surface area contributed by atoms with Gasteiger partial charge in [0.05, 0.1) is 29.0 Å². The van der Waals surface area contributed by atoms with Crippen LogP contribution >= 0.6 is 22.9 Å². The molecule has 6 rings (SSSR count). The normalized spacial score (nSPS) is 17.0. The largest absolute Gasteiger partial charge is 0.323 e. The molecule has 0 unspecified atom stereocenters. The number of amides is 2. The van der Waals surface area contributed by atoms with Crippen molar-refractivity contribution in [3.63, 3.8) is 0 Å². The molecule has 0 bridgehead atoms. The summed E-state index contributed by atoms with van der Waals surface area (Å²) >= 11 is 8.28. The number of nitrogens with one attached hydrogen (secondary N) is 1. The number of aryl methyl sites for hydroxylation is 1. The quantitative estimate of drug-likeness (QED) is 0.328. The molecular formula is C27H24ClN3OS. The van der Waals surface area contributed by atoms with Gasteiger partial charge in [0.1, 0.15) is 5.00 Å². The summed E-state index contributed by atoms with van der Waals surface area (Å²) in [5.74, 6) is 0. The molecule has 4 aromatic rings. The van der Waals surface area contributed by atoms with Crippen LogP contribution in [-0.4, -0.2) is 15.5 Å². The van der Waals surface area contributed by atoms with Crippen molar-refractivity contribution >= 4 is 34.7 Å². The molecule has 2 amide bonds. The molecule has 2 aliphatic rings. The van der Waals surface area contributed by atoms with E-state index in [4.69, 9.17) is 11.6 Å². The Kier molecular flexibility index (Phi) is 5.24. The lowest BCUT2D eigenvalue weighted by molar-refractivity contribution is 0.194. The molecule has 3 heterocycles. The van der Waals surface area contributed by atoms with E-state index in [-0.39, 0.29) is 12.1 Å². The summed E-state index contributed by atoms with van der Waals surface area (Å²) in [4.78, 5) is 17.3. The van der Waals surface area contributed by atoms with Gasteiger partial charge in [-0.05, 0) is 61.1 Å². The fourth-order valence-electron chi connectivity index (χ4n) is 5.12. The molecule has 1 N–H and O–H groups in total. The van der Waals surface area contributed by atoms with Gasteiger partial charge in [0.25, 0.3) is 0 Å². The van der Waals surface area contributed by atoms with Crippen molar-refractivity contribution in [1.29, 1.82) is 0 Å².